The molecule has 0 aromatic heterocycles. The molecule has 3 nitrogen and oxygen atoms in total. The fourth-order valence-corrected chi connectivity index (χ4v) is 2.32. The van der Waals surface area contributed by atoms with Crippen LogP contribution in [0, 0.1) is 0 Å². The van der Waals surface area contributed by atoms with E-state index in [1.54, 1.807) is 12.1 Å². The molecule has 1 atom stereocenters. The van der Waals surface area contributed by atoms with Gasteiger partial charge in [-0.05, 0) is 17.0 Å². The van der Waals surface area contributed by atoms with Crippen molar-refractivity contribution in [1.82, 2.24) is 10.4 Å². The number of benzene rings is 1. The van der Waals surface area contributed by atoms with Gasteiger partial charge in [-0.25, -0.2) is 5.01 Å². The van der Waals surface area contributed by atoms with Crippen LogP contribution < -0.4 is 5.43 Å². The van der Waals surface area contributed by atoms with Crippen LogP contribution in [-0.4, -0.2) is 23.6 Å². The summed E-state index contributed by atoms with van der Waals surface area (Å²) in [4.78, 5) is 11.2. The molecule has 0 radical (unpaired) electrons. The van der Waals surface area contributed by atoms with Crippen molar-refractivity contribution < 1.29 is 18.0 Å². The molecule has 1 N–H and O–H groups in total. The highest BCUT2D eigenvalue weighted by Crippen LogP contribution is 2.38. The highest BCUT2D eigenvalue weighted by Gasteiger charge is 2.46. The minimum Gasteiger partial charge on any atom is -0.288 e. The van der Waals surface area contributed by atoms with E-state index in [2.05, 4.69) is 5.43 Å². The van der Waals surface area contributed by atoms with Crippen molar-refractivity contribution in [3.05, 3.63) is 35.4 Å². The Morgan fingerprint density at radius 1 is 1.25 bits per heavy atom. The molecule has 0 aliphatic carbocycles. The number of carbonyl (C=O) groups is 1. The van der Waals surface area contributed by atoms with Crippen molar-refractivity contribution in [3.63, 3.8) is 0 Å². The number of nitrogens with one attached hydrogen (secondary N) is 1. The van der Waals surface area contributed by atoms with Crippen LogP contribution in [0.2, 0.25) is 0 Å². The molecule has 1 aromatic carbocycles. The molecule has 1 heterocycles. The highest BCUT2D eigenvalue weighted by molar-refractivity contribution is 5.77. The second kappa shape index (κ2) is 5.44. The predicted octanol–water partition coefficient (Wildman–Crippen LogP) is 3.15. The Kier molecular flexibility index (Phi) is 4.04. The zero-order chi connectivity index (χ0) is 14.9. The van der Waals surface area contributed by atoms with Gasteiger partial charge in [0.15, 0.2) is 0 Å². The van der Waals surface area contributed by atoms with E-state index < -0.39 is 12.2 Å². The Hall–Kier alpha value is -1.56. The van der Waals surface area contributed by atoms with Gasteiger partial charge in [-0.2, -0.15) is 13.2 Å². The molecule has 1 amide bonds. The zero-order valence-corrected chi connectivity index (χ0v) is 11.4. The van der Waals surface area contributed by atoms with E-state index in [4.69, 9.17) is 0 Å². The molecule has 0 unspecified atom stereocenters. The standard InChI is InChI=1S/C14H17F3N2O/c1-9(2)10-4-3-5-11(8-10)13(14(15,16)17)19-7-6-12(20)18-19/h3-5,8-9,13H,6-7H2,1-2H3,(H,18,20)/t13-/m0/s1. The van der Waals surface area contributed by atoms with E-state index in [9.17, 15) is 18.0 Å². The third kappa shape index (κ3) is 3.12. The smallest absolute Gasteiger partial charge is 0.288 e. The van der Waals surface area contributed by atoms with Gasteiger partial charge in [0.05, 0.1) is 0 Å². The highest BCUT2D eigenvalue weighted by atomic mass is 19.4. The second-order valence-electron chi connectivity index (χ2n) is 5.25. The second-order valence-corrected chi connectivity index (χ2v) is 5.25. The summed E-state index contributed by atoms with van der Waals surface area (Å²) in [7, 11) is 0. The number of hydrogen-bond donors (Lipinski definition) is 1. The van der Waals surface area contributed by atoms with Gasteiger partial charge in [-0.15, -0.1) is 0 Å². The Labute approximate surface area is 115 Å². The van der Waals surface area contributed by atoms with Crippen LogP contribution in [0.4, 0.5) is 13.2 Å². The molecule has 0 bridgehead atoms. The summed E-state index contributed by atoms with van der Waals surface area (Å²) in [6, 6.07) is 4.65. The van der Waals surface area contributed by atoms with Crippen LogP contribution in [0.15, 0.2) is 24.3 Å². The summed E-state index contributed by atoms with van der Waals surface area (Å²) in [5, 5.41) is 0.974. The molecule has 1 saturated heterocycles. The first kappa shape index (κ1) is 14.8. The third-order valence-corrected chi connectivity index (χ3v) is 3.36. The van der Waals surface area contributed by atoms with Gasteiger partial charge in [0.25, 0.3) is 0 Å². The van der Waals surface area contributed by atoms with E-state index in [0.29, 0.717) is 0 Å². The Balaban J connectivity index is 2.36. The maximum absolute atomic E-state index is 13.3. The summed E-state index contributed by atoms with van der Waals surface area (Å²) in [6.45, 7) is 3.92. The lowest BCUT2D eigenvalue weighted by atomic mass is 9.97. The van der Waals surface area contributed by atoms with Crippen molar-refractivity contribution in [3.8, 4) is 0 Å². The van der Waals surface area contributed by atoms with E-state index in [-0.39, 0.29) is 30.4 Å². The van der Waals surface area contributed by atoms with Gasteiger partial charge in [0, 0.05) is 13.0 Å². The van der Waals surface area contributed by atoms with Crippen LogP contribution in [0.5, 0.6) is 0 Å². The molecule has 1 fully saturated rings. The van der Waals surface area contributed by atoms with Gasteiger partial charge in [0.2, 0.25) is 5.91 Å². The van der Waals surface area contributed by atoms with Crippen molar-refractivity contribution in [1.29, 1.82) is 0 Å². The summed E-state index contributed by atoms with van der Waals surface area (Å²) in [6.07, 6.45) is -4.34. The maximum Gasteiger partial charge on any atom is 0.409 e. The average molecular weight is 286 g/mol. The number of nitrogens with zero attached hydrogens (tertiary/aromatic N) is 1. The van der Waals surface area contributed by atoms with Crippen molar-refractivity contribution >= 4 is 5.91 Å². The third-order valence-electron chi connectivity index (χ3n) is 3.36. The van der Waals surface area contributed by atoms with Crippen molar-refractivity contribution in [2.24, 2.45) is 0 Å². The van der Waals surface area contributed by atoms with Crippen molar-refractivity contribution in [2.45, 2.75) is 38.4 Å². The first-order chi connectivity index (χ1) is 9.29. The summed E-state index contributed by atoms with van der Waals surface area (Å²) in [5.41, 5.74) is 3.29. The minimum absolute atomic E-state index is 0.0644. The molecule has 0 saturated carbocycles. The number of amides is 1. The number of halogens is 3. The lowest BCUT2D eigenvalue weighted by molar-refractivity contribution is -0.191. The van der Waals surface area contributed by atoms with Gasteiger partial charge < -0.3 is 0 Å². The lowest BCUT2D eigenvalue weighted by Gasteiger charge is -2.29. The Morgan fingerprint density at radius 3 is 2.40 bits per heavy atom. The molecule has 20 heavy (non-hydrogen) atoms. The van der Waals surface area contributed by atoms with Gasteiger partial charge in [0.1, 0.15) is 6.04 Å². The predicted molar refractivity (Wildman–Crippen MR) is 68.8 cm³/mol. The molecule has 1 aliphatic heterocycles. The average Bonchev–Trinajstić information content (AvgIpc) is 2.74. The van der Waals surface area contributed by atoms with Gasteiger partial charge in [-0.3, -0.25) is 10.2 Å². The quantitative estimate of drug-likeness (QED) is 0.925. The molecular weight excluding hydrogens is 269 g/mol. The molecule has 6 heteroatoms. The fraction of sp³-hybridized carbons (Fsp3) is 0.500. The Bertz CT molecular complexity index is 499. The molecule has 1 aromatic rings. The van der Waals surface area contributed by atoms with Gasteiger partial charge >= 0.3 is 6.18 Å². The van der Waals surface area contributed by atoms with E-state index in [0.717, 1.165) is 10.6 Å². The number of hydrogen-bond acceptors (Lipinski definition) is 2. The molecule has 0 spiro atoms. The monoisotopic (exact) mass is 286 g/mol. The number of hydrazine groups is 1. The Morgan fingerprint density at radius 2 is 1.90 bits per heavy atom. The summed E-state index contributed by atoms with van der Waals surface area (Å²) < 4.78 is 40.0. The van der Waals surface area contributed by atoms with Crippen LogP contribution in [0.1, 0.15) is 43.4 Å². The summed E-state index contributed by atoms with van der Waals surface area (Å²) in [5.74, 6) is -0.226. The molecule has 2 rings (SSSR count). The van der Waals surface area contributed by atoms with Crippen LogP contribution >= 0.6 is 0 Å². The molecule has 1 aliphatic rings. The van der Waals surface area contributed by atoms with Crippen LogP contribution in [0.25, 0.3) is 0 Å². The summed E-state index contributed by atoms with van der Waals surface area (Å²) >= 11 is 0. The lowest BCUT2D eigenvalue weighted by Crippen LogP contribution is -2.43. The zero-order valence-electron chi connectivity index (χ0n) is 11.4. The first-order valence-corrected chi connectivity index (χ1v) is 6.51. The van der Waals surface area contributed by atoms with E-state index in [1.807, 2.05) is 19.9 Å². The molecule has 110 valence electrons. The number of rotatable bonds is 3. The van der Waals surface area contributed by atoms with Crippen LogP contribution in [0.3, 0.4) is 0 Å². The van der Waals surface area contributed by atoms with E-state index >= 15 is 0 Å². The van der Waals surface area contributed by atoms with Crippen molar-refractivity contribution in [2.75, 3.05) is 6.54 Å². The van der Waals surface area contributed by atoms with Gasteiger partial charge in [-0.1, -0.05) is 38.1 Å². The fourth-order valence-electron chi connectivity index (χ4n) is 2.32. The van der Waals surface area contributed by atoms with Crippen LogP contribution in [-0.2, 0) is 4.79 Å². The maximum atomic E-state index is 13.3. The number of alkyl halides is 3. The minimum atomic E-state index is -4.44. The topological polar surface area (TPSA) is 32.3 Å². The first-order valence-electron chi connectivity index (χ1n) is 6.51. The normalized spacial score (nSPS) is 18.4. The SMILES string of the molecule is CC(C)c1cccc([C@H](N2CCC(=O)N2)C(F)(F)F)c1. The largest absolute Gasteiger partial charge is 0.409 e. The van der Waals surface area contributed by atoms with E-state index in [1.165, 1.54) is 6.07 Å². The molecular formula is C14H17F3N2O. The number of carbonyl (C=O) groups excluding carboxylic acids is 1.